The highest BCUT2D eigenvalue weighted by molar-refractivity contribution is 7.92. The molecule has 218 valence electrons. The van der Waals surface area contributed by atoms with E-state index in [0.29, 0.717) is 15.6 Å². The Morgan fingerprint density at radius 1 is 0.902 bits per heavy atom. The highest BCUT2D eigenvalue weighted by atomic mass is 35.5. The van der Waals surface area contributed by atoms with Crippen LogP contribution in [0.1, 0.15) is 38.2 Å². The van der Waals surface area contributed by atoms with Gasteiger partial charge in [0.2, 0.25) is 11.8 Å². The minimum Gasteiger partial charge on any atom is -0.352 e. The molecular weight excluding hydrogens is 628 g/mol. The number of nitrogens with one attached hydrogen (secondary N) is 1. The van der Waals surface area contributed by atoms with E-state index in [4.69, 9.17) is 46.4 Å². The van der Waals surface area contributed by atoms with Crippen molar-refractivity contribution in [2.75, 3.05) is 10.8 Å². The van der Waals surface area contributed by atoms with E-state index in [1.807, 2.05) is 0 Å². The molecule has 0 spiro atoms. The van der Waals surface area contributed by atoms with Crippen molar-refractivity contribution < 1.29 is 18.0 Å². The van der Waals surface area contributed by atoms with Crippen molar-refractivity contribution >= 4 is 73.9 Å². The van der Waals surface area contributed by atoms with Gasteiger partial charge in [0.05, 0.1) is 15.6 Å². The third kappa shape index (κ3) is 7.48. The van der Waals surface area contributed by atoms with E-state index in [2.05, 4.69) is 5.32 Å². The Morgan fingerprint density at radius 3 is 2.17 bits per heavy atom. The number of hydrogen-bond donors (Lipinski definition) is 1. The zero-order valence-electron chi connectivity index (χ0n) is 22.2. The molecule has 1 N–H and O–H groups in total. The van der Waals surface area contributed by atoms with Gasteiger partial charge in [-0.2, -0.15) is 0 Å². The summed E-state index contributed by atoms with van der Waals surface area (Å²) in [7, 11) is -4.29. The molecule has 3 aromatic rings. The second-order valence-electron chi connectivity index (χ2n) is 9.81. The summed E-state index contributed by atoms with van der Waals surface area (Å²) >= 11 is 25.5. The van der Waals surface area contributed by atoms with Gasteiger partial charge in [-0.1, -0.05) is 83.5 Å². The molecule has 12 heteroatoms. The average molecular weight is 657 g/mol. The predicted octanol–water partition coefficient (Wildman–Crippen LogP) is 6.97. The molecule has 0 radical (unpaired) electrons. The second-order valence-corrected chi connectivity index (χ2v) is 13.3. The first kappa shape index (κ1) is 31.4. The summed E-state index contributed by atoms with van der Waals surface area (Å²) in [5.41, 5.74) is 0.457. The fraction of sp³-hybridized carbons (Fsp3) is 0.310. The standard InChI is InChI=1S/C29H29Cl4N3O4S/c1-19(29(38)34-21-8-5-6-9-21)35(17-23-24(31)12-7-13-25(23)32)28(37)18-36(27-16-20(30)14-15-26(27)33)41(39,40)22-10-3-2-4-11-22/h2-4,7,10-16,19,21H,5-6,8-9,17-18H2,1H3,(H,34,38)/t19-/m1/s1. The van der Waals surface area contributed by atoms with Crippen molar-refractivity contribution in [3.63, 3.8) is 0 Å². The fourth-order valence-corrected chi connectivity index (χ4v) is 7.14. The van der Waals surface area contributed by atoms with Crippen LogP contribution in [0.3, 0.4) is 0 Å². The van der Waals surface area contributed by atoms with Crippen LogP contribution in [0.15, 0.2) is 71.6 Å². The first-order valence-corrected chi connectivity index (χ1v) is 16.0. The van der Waals surface area contributed by atoms with Crippen molar-refractivity contribution in [3.05, 3.63) is 92.4 Å². The Bertz CT molecular complexity index is 1500. The van der Waals surface area contributed by atoms with E-state index >= 15 is 0 Å². The third-order valence-electron chi connectivity index (χ3n) is 7.05. The smallest absolute Gasteiger partial charge is 0.264 e. The molecule has 41 heavy (non-hydrogen) atoms. The molecule has 0 aromatic heterocycles. The summed E-state index contributed by atoms with van der Waals surface area (Å²) in [6.45, 7) is 0.800. The zero-order chi connectivity index (χ0) is 29.7. The van der Waals surface area contributed by atoms with Crippen molar-refractivity contribution in [1.82, 2.24) is 10.2 Å². The van der Waals surface area contributed by atoms with Gasteiger partial charge in [0, 0.05) is 33.2 Å². The lowest BCUT2D eigenvalue weighted by Gasteiger charge is -2.33. The SMILES string of the molecule is C[C@H](C(=O)NC1CCCC1)N(Cc1c(Cl)cccc1Cl)C(=O)CN(c1cc(Cl)ccc1Cl)S(=O)(=O)c1ccccc1. The summed E-state index contributed by atoms with van der Waals surface area (Å²) in [5.74, 6) is -1.02. The molecule has 0 bridgehead atoms. The summed E-state index contributed by atoms with van der Waals surface area (Å²) in [6.07, 6.45) is 3.76. The Labute approximate surface area is 260 Å². The van der Waals surface area contributed by atoms with Crippen LogP contribution in [0.25, 0.3) is 0 Å². The van der Waals surface area contributed by atoms with E-state index in [9.17, 15) is 18.0 Å². The van der Waals surface area contributed by atoms with E-state index in [-0.39, 0.29) is 39.1 Å². The van der Waals surface area contributed by atoms with Gasteiger partial charge in [0.25, 0.3) is 10.0 Å². The molecule has 7 nitrogen and oxygen atoms in total. The lowest BCUT2D eigenvalue weighted by atomic mass is 10.1. The van der Waals surface area contributed by atoms with Crippen molar-refractivity contribution in [3.8, 4) is 0 Å². The van der Waals surface area contributed by atoms with Crippen molar-refractivity contribution in [1.29, 1.82) is 0 Å². The van der Waals surface area contributed by atoms with Crippen LogP contribution in [-0.2, 0) is 26.2 Å². The number of carbonyl (C=O) groups excluding carboxylic acids is 2. The maximum absolute atomic E-state index is 14.1. The van der Waals surface area contributed by atoms with Gasteiger partial charge < -0.3 is 10.2 Å². The van der Waals surface area contributed by atoms with Gasteiger partial charge >= 0.3 is 0 Å². The van der Waals surface area contributed by atoms with Gasteiger partial charge in [-0.15, -0.1) is 0 Å². The first-order chi connectivity index (χ1) is 19.5. The number of amides is 2. The first-order valence-electron chi connectivity index (χ1n) is 13.0. The average Bonchev–Trinajstić information content (AvgIpc) is 3.46. The quantitative estimate of drug-likeness (QED) is 0.255. The fourth-order valence-electron chi connectivity index (χ4n) is 4.74. The predicted molar refractivity (Wildman–Crippen MR) is 164 cm³/mol. The molecule has 4 rings (SSSR count). The highest BCUT2D eigenvalue weighted by Crippen LogP contribution is 2.34. The number of nitrogens with zero attached hydrogens (tertiary/aromatic N) is 2. The number of benzene rings is 3. The monoisotopic (exact) mass is 655 g/mol. The normalized spacial score (nSPS) is 14.5. The summed E-state index contributed by atoms with van der Waals surface area (Å²) < 4.78 is 28.7. The molecular formula is C29H29Cl4N3O4S. The van der Waals surface area contributed by atoms with Gasteiger partial charge in [-0.25, -0.2) is 8.42 Å². The molecule has 1 aliphatic carbocycles. The lowest BCUT2D eigenvalue weighted by molar-refractivity contribution is -0.139. The maximum Gasteiger partial charge on any atom is 0.264 e. The van der Waals surface area contributed by atoms with Gasteiger partial charge in [-0.3, -0.25) is 13.9 Å². The molecule has 0 heterocycles. The number of anilines is 1. The van der Waals surface area contributed by atoms with Gasteiger partial charge in [0.15, 0.2) is 0 Å². The zero-order valence-corrected chi connectivity index (χ0v) is 26.0. The number of sulfonamides is 1. The second kappa shape index (κ2) is 13.7. The van der Waals surface area contributed by atoms with Crippen LogP contribution >= 0.6 is 46.4 Å². The summed E-state index contributed by atoms with van der Waals surface area (Å²) in [6, 6.07) is 16.0. The Balaban J connectivity index is 1.74. The van der Waals surface area contributed by atoms with Gasteiger partial charge in [-0.05, 0) is 62.2 Å². The molecule has 1 saturated carbocycles. The highest BCUT2D eigenvalue weighted by Gasteiger charge is 2.34. The van der Waals surface area contributed by atoms with Crippen LogP contribution < -0.4 is 9.62 Å². The Hall–Kier alpha value is -2.49. The molecule has 2 amide bonds. The van der Waals surface area contributed by atoms with Crippen LogP contribution in [-0.4, -0.2) is 43.8 Å². The molecule has 0 unspecified atom stereocenters. The van der Waals surface area contributed by atoms with E-state index in [1.54, 1.807) is 43.3 Å². The van der Waals surface area contributed by atoms with E-state index < -0.39 is 28.5 Å². The van der Waals surface area contributed by atoms with Gasteiger partial charge in [0.1, 0.15) is 12.6 Å². The van der Waals surface area contributed by atoms with Crippen molar-refractivity contribution in [2.45, 2.75) is 56.1 Å². The molecule has 1 fully saturated rings. The number of carbonyl (C=O) groups is 2. The van der Waals surface area contributed by atoms with Crippen LogP contribution in [0, 0.1) is 0 Å². The Morgan fingerprint density at radius 2 is 1.54 bits per heavy atom. The molecule has 0 saturated heterocycles. The molecule has 1 aliphatic rings. The third-order valence-corrected chi connectivity index (χ3v) is 10.1. The Kier molecular flexibility index (Phi) is 10.5. The minimum absolute atomic E-state index is 0.0195. The van der Waals surface area contributed by atoms with Crippen LogP contribution in [0.4, 0.5) is 5.69 Å². The number of hydrogen-bond acceptors (Lipinski definition) is 4. The van der Waals surface area contributed by atoms with E-state index in [0.717, 1.165) is 30.0 Å². The number of rotatable bonds is 10. The van der Waals surface area contributed by atoms with Crippen molar-refractivity contribution in [2.24, 2.45) is 0 Å². The summed E-state index contributed by atoms with van der Waals surface area (Å²) in [5, 5.41) is 3.95. The summed E-state index contributed by atoms with van der Waals surface area (Å²) in [4.78, 5) is 28.7. The molecule has 1 atom stereocenters. The molecule has 3 aromatic carbocycles. The lowest BCUT2D eigenvalue weighted by Crippen LogP contribution is -2.52. The minimum atomic E-state index is -4.29. The van der Waals surface area contributed by atoms with E-state index in [1.165, 1.54) is 35.2 Å². The maximum atomic E-state index is 14.1. The van der Waals surface area contributed by atoms with Crippen LogP contribution in [0.5, 0.6) is 0 Å². The topological polar surface area (TPSA) is 86.8 Å². The largest absolute Gasteiger partial charge is 0.352 e. The number of halogens is 4. The molecule has 0 aliphatic heterocycles. The van der Waals surface area contributed by atoms with Crippen LogP contribution in [0.2, 0.25) is 20.1 Å².